The molecule has 0 unspecified atom stereocenters. The number of nitrogens with one attached hydrogen (secondary N) is 1. The largest absolute Gasteiger partial charge is 0.349 e. The quantitative estimate of drug-likeness (QED) is 0.834. The molecule has 104 valence electrons. The van der Waals surface area contributed by atoms with E-state index < -0.39 is 28.9 Å². The summed E-state index contributed by atoms with van der Waals surface area (Å²) in [5.41, 5.74) is -0.460. The van der Waals surface area contributed by atoms with Crippen LogP contribution in [0.5, 0.6) is 0 Å². The highest BCUT2D eigenvalue weighted by molar-refractivity contribution is 5.94. The summed E-state index contributed by atoms with van der Waals surface area (Å²) in [6.45, 7) is 1.68. The van der Waals surface area contributed by atoms with Gasteiger partial charge in [0.1, 0.15) is 0 Å². The van der Waals surface area contributed by atoms with E-state index in [0.29, 0.717) is 0 Å². The summed E-state index contributed by atoms with van der Waals surface area (Å²) in [5, 5.41) is 2.65. The van der Waals surface area contributed by atoms with E-state index in [1.807, 2.05) is 7.05 Å². The highest BCUT2D eigenvalue weighted by Crippen LogP contribution is 2.16. The summed E-state index contributed by atoms with van der Waals surface area (Å²) < 4.78 is 39.3. The van der Waals surface area contributed by atoms with Gasteiger partial charge in [-0.2, -0.15) is 0 Å². The second-order valence-corrected chi connectivity index (χ2v) is 4.77. The lowest BCUT2D eigenvalue weighted by Gasteiger charge is -2.29. The number of rotatable bonds is 2. The zero-order valence-corrected chi connectivity index (χ0v) is 10.5. The molecular weight excluding hydrogens is 257 g/mol. The Morgan fingerprint density at radius 1 is 1.21 bits per heavy atom. The molecule has 0 bridgehead atoms. The van der Waals surface area contributed by atoms with Gasteiger partial charge in [-0.15, -0.1) is 0 Å². The number of carbonyl (C=O) groups excluding carboxylic acids is 1. The van der Waals surface area contributed by atoms with Crippen molar-refractivity contribution in [2.75, 3.05) is 20.1 Å². The molecule has 1 heterocycles. The highest BCUT2D eigenvalue weighted by atomic mass is 19.2. The van der Waals surface area contributed by atoms with Crippen LogP contribution in [0.15, 0.2) is 12.1 Å². The zero-order chi connectivity index (χ0) is 14.0. The molecule has 0 atom stereocenters. The lowest BCUT2D eigenvalue weighted by molar-refractivity contribution is 0.0911. The fourth-order valence-electron chi connectivity index (χ4n) is 2.12. The predicted molar refractivity (Wildman–Crippen MR) is 64.3 cm³/mol. The first-order valence-corrected chi connectivity index (χ1v) is 6.12. The van der Waals surface area contributed by atoms with Crippen molar-refractivity contribution in [3.05, 3.63) is 35.1 Å². The number of piperidine rings is 1. The van der Waals surface area contributed by atoms with Crippen molar-refractivity contribution in [2.45, 2.75) is 18.9 Å². The maximum Gasteiger partial charge on any atom is 0.254 e. The molecule has 1 N–H and O–H groups in total. The van der Waals surface area contributed by atoms with Crippen molar-refractivity contribution in [3.63, 3.8) is 0 Å². The second kappa shape index (κ2) is 5.61. The van der Waals surface area contributed by atoms with Crippen molar-refractivity contribution in [2.24, 2.45) is 0 Å². The number of hydrogen-bond donors (Lipinski definition) is 1. The lowest BCUT2D eigenvalue weighted by atomic mass is 10.0. The average molecular weight is 272 g/mol. The first-order chi connectivity index (χ1) is 8.99. The fraction of sp³-hybridized carbons (Fsp3) is 0.462. The lowest BCUT2D eigenvalue weighted by Crippen LogP contribution is -2.43. The number of hydrogen-bond acceptors (Lipinski definition) is 2. The van der Waals surface area contributed by atoms with E-state index in [0.717, 1.165) is 38.1 Å². The summed E-state index contributed by atoms with van der Waals surface area (Å²) >= 11 is 0. The molecule has 0 spiro atoms. The molecule has 0 saturated carbocycles. The number of nitrogens with zero attached hydrogens (tertiary/aromatic N) is 1. The van der Waals surface area contributed by atoms with Gasteiger partial charge in [0.25, 0.3) is 5.91 Å². The van der Waals surface area contributed by atoms with Crippen molar-refractivity contribution in [1.82, 2.24) is 10.2 Å². The minimum Gasteiger partial charge on any atom is -0.349 e. The monoisotopic (exact) mass is 272 g/mol. The molecule has 1 aliphatic rings. The van der Waals surface area contributed by atoms with Crippen molar-refractivity contribution >= 4 is 5.91 Å². The molecule has 0 aromatic heterocycles. The predicted octanol–water partition coefficient (Wildman–Crippen LogP) is 1.93. The van der Waals surface area contributed by atoms with Crippen LogP contribution in [0, 0.1) is 17.5 Å². The third-order valence-electron chi connectivity index (χ3n) is 3.33. The molecular formula is C13H15F3N2O. The summed E-state index contributed by atoms with van der Waals surface area (Å²) in [6, 6.07) is 1.65. The number of amides is 1. The molecule has 1 fully saturated rings. The molecule has 2 rings (SSSR count). The standard InChI is InChI=1S/C13H15F3N2O/c1-18-6-4-8(5-7-18)17-13(19)9-2-3-10(14)12(16)11(9)15/h2-3,8H,4-7H2,1H3,(H,17,19). The summed E-state index contributed by atoms with van der Waals surface area (Å²) in [6.07, 6.45) is 1.51. The second-order valence-electron chi connectivity index (χ2n) is 4.77. The minimum absolute atomic E-state index is 0.0591. The molecule has 6 heteroatoms. The van der Waals surface area contributed by atoms with Crippen molar-refractivity contribution in [1.29, 1.82) is 0 Å². The van der Waals surface area contributed by atoms with Gasteiger partial charge in [0.2, 0.25) is 0 Å². The number of benzene rings is 1. The molecule has 1 aromatic rings. The van der Waals surface area contributed by atoms with E-state index in [4.69, 9.17) is 0 Å². The maximum absolute atomic E-state index is 13.4. The van der Waals surface area contributed by atoms with Crippen LogP contribution < -0.4 is 5.32 Å². The molecule has 0 radical (unpaired) electrons. The molecule has 1 aliphatic heterocycles. The van der Waals surface area contributed by atoms with E-state index >= 15 is 0 Å². The smallest absolute Gasteiger partial charge is 0.254 e. The van der Waals surface area contributed by atoms with Gasteiger partial charge in [-0.25, -0.2) is 13.2 Å². The van der Waals surface area contributed by atoms with Crippen LogP contribution in [-0.2, 0) is 0 Å². The average Bonchev–Trinajstić information content (AvgIpc) is 2.39. The van der Waals surface area contributed by atoms with Crippen LogP contribution in [-0.4, -0.2) is 37.0 Å². The van der Waals surface area contributed by atoms with Crippen molar-refractivity contribution < 1.29 is 18.0 Å². The zero-order valence-electron chi connectivity index (χ0n) is 10.5. The Morgan fingerprint density at radius 3 is 2.47 bits per heavy atom. The summed E-state index contributed by atoms with van der Waals surface area (Å²) in [5.74, 6) is -5.05. The molecule has 3 nitrogen and oxygen atoms in total. The van der Waals surface area contributed by atoms with Gasteiger partial charge in [0.05, 0.1) is 5.56 Å². The third kappa shape index (κ3) is 3.07. The minimum atomic E-state index is -1.61. The Bertz CT molecular complexity index is 485. The Kier molecular flexibility index (Phi) is 4.09. The third-order valence-corrected chi connectivity index (χ3v) is 3.33. The maximum atomic E-state index is 13.4. The van der Waals surface area contributed by atoms with Gasteiger partial charge >= 0.3 is 0 Å². The number of likely N-dealkylation sites (tertiary alicyclic amines) is 1. The Morgan fingerprint density at radius 2 is 1.84 bits per heavy atom. The van der Waals surface area contributed by atoms with Gasteiger partial charge in [-0.3, -0.25) is 4.79 Å². The number of halogens is 3. The van der Waals surface area contributed by atoms with E-state index in [-0.39, 0.29) is 6.04 Å². The summed E-state index contributed by atoms with van der Waals surface area (Å²) in [7, 11) is 1.98. The molecule has 1 amide bonds. The van der Waals surface area contributed by atoms with Gasteiger partial charge in [0, 0.05) is 6.04 Å². The Hall–Kier alpha value is -1.56. The SMILES string of the molecule is CN1CCC(NC(=O)c2ccc(F)c(F)c2F)CC1. The van der Waals surface area contributed by atoms with Gasteiger partial charge in [-0.05, 0) is 45.1 Å². The van der Waals surface area contributed by atoms with Crippen LogP contribution in [0.4, 0.5) is 13.2 Å². The number of carbonyl (C=O) groups is 1. The van der Waals surface area contributed by atoms with Crippen LogP contribution in [0.1, 0.15) is 23.2 Å². The van der Waals surface area contributed by atoms with Gasteiger partial charge in [-0.1, -0.05) is 0 Å². The van der Waals surface area contributed by atoms with Gasteiger partial charge < -0.3 is 10.2 Å². The molecule has 0 aliphatic carbocycles. The van der Waals surface area contributed by atoms with Crippen LogP contribution in [0.25, 0.3) is 0 Å². The summed E-state index contributed by atoms with van der Waals surface area (Å²) in [4.78, 5) is 14.0. The van der Waals surface area contributed by atoms with E-state index in [1.54, 1.807) is 0 Å². The Balaban J connectivity index is 2.06. The first kappa shape index (κ1) is 13.9. The van der Waals surface area contributed by atoms with Gasteiger partial charge in [0.15, 0.2) is 17.5 Å². The van der Waals surface area contributed by atoms with Crippen LogP contribution in [0.2, 0.25) is 0 Å². The normalized spacial score (nSPS) is 17.5. The molecule has 1 saturated heterocycles. The molecule has 1 aromatic carbocycles. The van der Waals surface area contributed by atoms with Crippen LogP contribution in [0.3, 0.4) is 0 Å². The molecule has 19 heavy (non-hydrogen) atoms. The fourth-order valence-corrected chi connectivity index (χ4v) is 2.12. The van der Waals surface area contributed by atoms with E-state index in [1.165, 1.54) is 0 Å². The first-order valence-electron chi connectivity index (χ1n) is 6.12. The van der Waals surface area contributed by atoms with Crippen LogP contribution >= 0.6 is 0 Å². The Labute approximate surface area is 109 Å². The highest BCUT2D eigenvalue weighted by Gasteiger charge is 2.23. The topological polar surface area (TPSA) is 32.3 Å². The van der Waals surface area contributed by atoms with E-state index in [9.17, 15) is 18.0 Å². The van der Waals surface area contributed by atoms with Crippen molar-refractivity contribution in [3.8, 4) is 0 Å². The van der Waals surface area contributed by atoms with E-state index in [2.05, 4.69) is 10.2 Å².